The molecular weight excluding hydrogens is 354 g/mol. The first-order valence-corrected chi connectivity index (χ1v) is 9.47. The lowest BCUT2D eigenvalue weighted by atomic mass is 10.2. The van der Waals surface area contributed by atoms with Crippen LogP contribution in [0.3, 0.4) is 0 Å². The predicted octanol–water partition coefficient (Wildman–Crippen LogP) is 2.99. The highest BCUT2D eigenvalue weighted by Crippen LogP contribution is 2.13. The molecule has 0 radical (unpaired) electrons. The van der Waals surface area contributed by atoms with E-state index >= 15 is 0 Å². The smallest absolute Gasteiger partial charge is 0.251 e. The Labute approximate surface area is 165 Å². The molecule has 0 saturated carbocycles. The van der Waals surface area contributed by atoms with Gasteiger partial charge >= 0.3 is 0 Å². The lowest BCUT2D eigenvalue weighted by molar-refractivity contribution is -0.134. The monoisotopic (exact) mass is 381 g/mol. The lowest BCUT2D eigenvalue weighted by Gasteiger charge is -2.22. The van der Waals surface area contributed by atoms with E-state index in [2.05, 4.69) is 10.6 Å². The summed E-state index contributed by atoms with van der Waals surface area (Å²) in [5, 5.41) is 5.59. The Morgan fingerprint density at radius 2 is 1.64 bits per heavy atom. The fraction of sp³-hybridized carbons (Fsp3) is 0.318. The van der Waals surface area contributed by atoms with Gasteiger partial charge in [-0.15, -0.1) is 0 Å². The minimum atomic E-state index is -0.232. The van der Waals surface area contributed by atoms with Gasteiger partial charge < -0.3 is 15.5 Å². The molecule has 3 amide bonds. The van der Waals surface area contributed by atoms with Crippen LogP contribution in [0.5, 0.6) is 0 Å². The molecule has 2 aromatic rings. The summed E-state index contributed by atoms with van der Waals surface area (Å²) in [5.41, 5.74) is 2.26. The van der Waals surface area contributed by atoms with Crippen LogP contribution in [-0.2, 0) is 9.59 Å². The summed E-state index contributed by atoms with van der Waals surface area (Å²) in [6.45, 7) is 4.59. The molecule has 6 heteroatoms. The number of amides is 3. The molecule has 0 atom stereocenters. The van der Waals surface area contributed by atoms with Crippen molar-refractivity contribution in [3.05, 3.63) is 65.7 Å². The van der Waals surface area contributed by atoms with E-state index in [1.54, 1.807) is 24.3 Å². The van der Waals surface area contributed by atoms with Crippen molar-refractivity contribution in [3.8, 4) is 0 Å². The van der Waals surface area contributed by atoms with Crippen LogP contribution < -0.4 is 10.6 Å². The van der Waals surface area contributed by atoms with Gasteiger partial charge in [0.2, 0.25) is 11.8 Å². The van der Waals surface area contributed by atoms with E-state index in [0.717, 1.165) is 17.7 Å². The van der Waals surface area contributed by atoms with Crippen LogP contribution >= 0.6 is 0 Å². The zero-order valence-corrected chi connectivity index (χ0v) is 16.4. The maximum Gasteiger partial charge on any atom is 0.251 e. The van der Waals surface area contributed by atoms with Crippen LogP contribution in [0, 0.1) is 6.92 Å². The number of anilines is 1. The van der Waals surface area contributed by atoms with Crippen molar-refractivity contribution < 1.29 is 14.4 Å². The van der Waals surface area contributed by atoms with Gasteiger partial charge in [-0.1, -0.05) is 43.3 Å². The van der Waals surface area contributed by atoms with Gasteiger partial charge in [0, 0.05) is 30.8 Å². The Morgan fingerprint density at radius 1 is 0.964 bits per heavy atom. The molecule has 0 aromatic heterocycles. The minimum Gasteiger partial charge on any atom is -0.352 e. The fourth-order valence-corrected chi connectivity index (χ4v) is 2.77. The number of hydrogen-bond acceptors (Lipinski definition) is 3. The molecule has 0 saturated heterocycles. The Kier molecular flexibility index (Phi) is 8.21. The van der Waals surface area contributed by atoms with Crippen molar-refractivity contribution in [1.29, 1.82) is 0 Å². The fourth-order valence-electron chi connectivity index (χ4n) is 2.77. The van der Waals surface area contributed by atoms with Gasteiger partial charge in [-0.2, -0.15) is 0 Å². The number of carbonyl (C=O) groups excluding carboxylic acids is 3. The Balaban J connectivity index is 1.84. The molecule has 2 aromatic carbocycles. The summed E-state index contributed by atoms with van der Waals surface area (Å²) in [7, 11) is 0. The minimum absolute atomic E-state index is 0.00631. The van der Waals surface area contributed by atoms with Crippen LogP contribution in [0.15, 0.2) is 54.6 Å². The van der Waals surface area contributed by atoms with Gasteiger partial charge in [-0.05, 0) is 37.1 Å². The molecule has 28 heavy (non-hydrogen) atoms. The highest BCUT2D eigenvalue weighted by molar-refractivity contribution is 5.96. The maximum absolute atomic E-state index is 12.5. The molecule has 0 unspecified atom stereocenters. The quantitative estimate of drug-likeness (QED) is 0.701. The SMILES string of the molecule is CCCN(CC(=O)Nc1ccccc1C)C(=O)CCNC(=O)c1ccccc1. The Morgan fingerprint density at radius 3 is 2.32 bits per heavy atom. The zero-order valence-electron chi connectivity index (χ0n) is 16.4. The summed E-state index contributed by atoms with van der Waals surface area (Å²) >= 11 is 0. The van der Waals surface area contributed by atoms with Crippen LogP contribution in [-0.4, -0.2) is 42.3 Å². The van der Waals surface area contributed by atoms with E-state index in [4.69, 9.17) is 0 Å². The largest absolute Gasteiger partial charge is 0.352 e. The third kappa shape index (κ3) is 6.54. The molecular formula is C22H27N3O3. The lowest BCUT2D eigenvalue weighted by Crippen LogP contribution is -2.40. The summed E-state index contributed by atoms with van der Waals surface area (Å²) < 4.78 is 0. The summed E-state index contributed by atoms with van der Waals surface area (Å²) in [6, 6.07) is 16.4. The molecule has 2 N–H and O–H groups in total. The van der Waals surface area contributed by atoms with E-state index in [9.17, 15) is 14.4 Å². The zero-order chi connectivity index (χ0) is 20.4. The van der Waals surface area contributed by atoms with Gasteiger partial charge in [0.25, 0.3) is 5.91 Å². The number of rotatable bonds is 9. The molecule has 2 rings (SSSR count). The number of para-hydroxylation sites is 1. The van der Waals surface area contributed by atoms with Crippen LogP contribution in [0.25, 0.3) is 0 Å². The van der Waals surface area contributed by atoms with Crippen molar-refractivity contribution in [2.75, 3.05) is 25.0 Å². The molecule has 0 aliphatic heterocycles. The third-order valence-corrected chi connectivity index (χ3v) is 4.26. The van der Waals surface area contributed by atoms with Crippen LogP contribution in [0.4, 0.5) is 5.69 Å². The average molecular weight is 381 g/mol. The van der Waals surface area contributed by atoms with Gasteiger partial charge in [0.15, 0.2) is 0 Å². The number of nitrogens with one attached hydrogen (secondary N) is 2. The first kappa shape index (κ1) is 21.2. The average Bonchev–Trinajstić information content (AvgIpc) is 2.70. The van der Waals surface area contributed by atoms with Crippen LogP contribution in [0.2, 0.25) is 0 Å². The molecule has 0 heterocycles. The highest BCUT2D eigenvalue weighted by atomic mass is 16.2. The number of nitrogens with zero attached hydrogens (tertiary/aromatic N) is 1. The summed E-state index contributed by atoms with van der Waals surface area (Å²) in [4.78, 5) is 38.4. The number of aryl methyl sites for hydroxylation is 1. The topological polar surface area (TPSA) is 78.5 Å². The molecule has 0 spiro atoms. The molecule has 0 aliphatic rings. The second kappa shape index (κ2) is 10.9. The van der Waals surface area contributed by atoms with E-state index in [1.807, 2.05) is 44.2 Å². The Hall–Kier alpha value is -3.15. The van der Waals surface area contributed by atoms with Crippen molar-refractivity contribution in [2.45, 2.75) is 26.7 Å². The number of hydrogen-bond donors (Lipinski definition) is 2. The molecule has 0 bridgehead atoms. The molecule has 0 aliphatic carbocycles. The van der Waals surface area contributed by atoms with Gasteiger partial charge in [0.05, 0.1) is 6.54 Å². The van der Waals surface area contributed by atoms with Crippen LogP contribution in [0.1, 0.15) is 35.7 Å². The van der Waals surface area contributed by atoms with Crippen molar-refractivity contribution in [3.63, 3.8) is 0 Å². The van der Waals surface area contributed by atoms with Gasteiger partial charge in [-0.3, -0.25) is 14.4 Å². The molecule has 148 valence electrons. The highest BCUT2D eigenvalue weighted by Gasteiger charge is 2.17. The predicted molar refractivity (Wildman–Crippen MR) is 110 cm³/mol. The standard InChI is InChI=1S/C22H27N3O3/c1-3-15-25(16-20(26)24-19-12-8-7-9-17(19)2)21(27)13-14-23-22(28)18-10-5-4-6-11-18/h4-12H,3,13-16H2,1-2H3,(H,23,28)(H,24,26). The van der Waals surface area contributed by atoms with Crippen molar-refractivity contribution in [2.24, 2.45) is 0 Å². The molecule has 0 fully saturated rings. The summed E-state index contributed by atoms with van der Waals surface area (Å²) in [6.07, 6.45) is 0.899. The second-order valence-electron chi connectivity index (χ2n) is 6.55. The second-order valence-corrected chi connectivity index (χ2v) is 6.55. The first-order valence-electron chi connectivity index (χ1n) is 9.47. The van der Waals surface area contributed by atoms with E-state index < -0.39 is 0 Å². The van der Waals surface area contributed by atoms with Crippen molar-refractivity contribution >= 4 is 23.4 Å². The van der Waals surface area contributed by atoms with E-state index in [0.29, 0.717) is 12.1 Å². The number of carbonyl (C=O) groups is 3. The van der Waals surface area contributed by atoms with E-state index in [-0.39, 0.29) is 37.2 Å². The maximum atomic E-state index is 12.5. The molecule has 6 nitrogen and oxygen atoms in total. The van der Waals surface area contributed by atoms with Crippen molar-refractivity contribution in [1.82, 2.24) is 10.2 Å². The van der Waals surface area contributed by atoms with Gasteiger partial charge in [-0.25, -0.2) is 0 Å². The Bertz CT molecular complexity index is 806. The third-order valence-electron chi connectivity index (χ3n) is 4.26. The van der Waals surface area contributed by atoms with E-state index in [1.165, 1.54) is 4.90 Å². The normalized spacial score (nSPS) is 10.2. The summed E-state index contributed by atoms with van der Waals surface area (Å²) in [5.74, 6) is -0.604. The van der Waals surface area contributed by atoms with Gasteiger partial charge in [0.1, 0.15) is 0 Å². The number of benzene rings is 2. The first-order chi connectivity index (χ1) is 13.5.